The molecule has 25 heavy (non-hydrogen) atoms. The second-order valence-electron chi connectivity index (χ2n) is 7.32. The second-order valence-corrected chi connectivity index (χ2v) is 8.35. The SMILES string of the molecule is CCOC(=O)N1CCN(c2cc3nc(C(C)(C)C)sc3cc2N)CC1. The van der Waals surface area contributed by atoms with E-state index in [-0.39, 0.29) is 11.5 Å². The first kappa shape index (κ1) is 17.8. The van der Waals surface area contributed by atoms with Crippen molar-refractivity contribution in [3.8, 4) is 0 Å². The highest BCUT2D eigenvalue weighted by molar-refractivity contribution is 7.18. The summed E-state index contributed by atoms with van der Waals surface area (Å²) in [5.74, 6) is 0. The molecule has 1 aromatic heterocycles. The van der Waals surface area contributed by atoms with Crippen molar-refractivity contribution in [2.45, 2.75) is 33.1 Å². The minimum atomic E-state index is -0.236. The average Bonchev–Trinajstić information content (AvgIpc) is 2.97. The van der Waals surface area contributed by atoms with Crippen LogP contribution in [0.3, 0.4) is 0 Å². The predicted molar refractivity (Wildman–Crippen MR) is 104 cm³/mol. The van der Waals surface area contributed by atoms with Crippen LogP contribution >= 0.6 is 11.3 Å². The number of nitrogens with two attached hydrogens (primary N) is 1. The zero-order chi connectivity index (χ0) is 18.2. The molecule has 0 aliphatic carbocycles. The van der Waals surface area contributed by atoms with Gasteiger partial charge in [-0.2, -0.15) is 0 Å². The molecule has 1 aromatic carbocycles. The second kappa shape index (κ2) is 6.71. The fourth-order valence-corrected chi connectivity index (χ4v) is 3.97. The summed E-state index contributed by atoms with van der Waals surface area (Å²) in [4.78, 5) is 20.6. The van der Waals surface area contributed by atoms with Crippen LogP contribution in [0.4, 0.5) is 16.2 Å². The summed E-state index contributed by atoms with van der Waals surface area (Å²) in [5, 5.41) is 1.12. The van der Waals surface area contributed by atoms with Gasteiger partial charge in [-0.3, -0.25) is 0 Å². The first-order chi connectivity index (χ1) is 11.8. The fourth-order valence-electron chi connectivity index (χ4n) is 2.92. The highest BCUT2D eigenvalue weighted by Crippen LogP contribution is 2.36. The largest absolute Gasteiger partial charge is 0.450 e. The van der Waals surface area contributed by atoms with Crippen molar-refractivity contribution in [3.63, 3.8) is 0 Å². The Morgan fingerprint density at radius 1 is 1.28 bits per heavy atom. The summed E-state index contributed by atoms with van der Waals surface area (Å²) < 4.78 is 6.20. The Hall–Kier alpha value is -2.02. The minimum Gasteiger partial charge on any atom is -0.450 e. The van der Waals surface area contributed by atoms with Crippen molar-refractivity contribution < 1.29 is 9.53 Å². The molecule has 1 saturated heterocycles. The fraction of sp³-hybridized carbons (Fsp3) is 0.556. The van der Waals surface area contributed by atoms with Gasteiger partial charge < -0.3 is 20.3 Å². The van der Waals surface area contributed by atoms with Gasteiger partial charge in [0, 0.05) is 31.6 Å². The lowest BCUT2D eigenvalue weighted by Crippen LogP contribution is -2.49. The van der Waals surface area contributed by atoms with Crippen molar-refractivity contribution in [1.29, 1.82) is 0 Å². The van der Waals surface area contributed by atoms with Gasteiger partial charge in [-0.1, -0.05) is 20.8 Å². The number of amides is 1. The summed E-state index contributed by atoms with van der Waals surface area (Å²) in [6.07, 6.45) is -0.236. The molecule has 6 nitrogen and oxygen atoms in total. The summed E-state index contributed by atoms with van der Waals surface area (Å²) in [6.45, 7) is 11.5. The number of rotatable bonds is 2. The Bertz CT molecular complexity index is 773. The molecule has 0 spiro atoms. The normalized spacial score (nSPS) is 15.7. The topological polar surface area (TPSA) is 71.7 Å². The van der Waals surface area contributed by atoms with E-state index in [0.29, 0.717) is 19.7 Å². The molecule has 1 aliphatic rings. The van der Waals surface area contributed by atoms with Crippen molar-refractivity contribution >= 4 is 39.0 Å². The molecule has 1 aliphatic heterocycles. The summed E-state index contributed by atoms with van der Waals surface area (Å²) in [7, 11) is 0. The maximum absolute atomic E-state index is 11.8. The van der Waals surface area contributed by atoms with Crippen LogP contribution in [0.2, 0.25) is 0 Å². The Kier molecular flexibility index (Phi) is 4.77. The van der Waals surface area contributed by atoms with Gasteiger partial charge in [-0.05, 0) is 19.1 Å². The maximum atomic E-state index is 11.8. The monoisotopic (exact) mass is 362 g/mol. The quantitative estimate of drug-likeness (QED) is 0.829. The maximum Gasteiger partial charge on any atom is 0.409 e. The molecule has 136 valence electrons. The minimum absolute atomic E-state index is 0.0316. The highest BCUT2D eigenvalue weighted by atomic mass is 32.1. The van der Waals surface area contributed by atoms with Crippen molar-refractivity contribution in [2.75, 3.05) is 43.4 Å². The van der Waals surface area contributed by atoms with Crippen molar-refractivity contribution in [2.24, 2.45) is 0 Å². The van der Waals surface area contributed by atoms with Crippen LogP contribution in [-0.4, -0.2) is 48.8 Å². The van der Waals surface area contributed by atoms with E-state index >= 15 is 0 Å². The molecule has 0 radical (unpaired) electrons. The number of aromatic nitrogens is 1. The zero-order valence-electron chi connectivity index (χ0n) is 15.3. The standard InChI is InChI=1S/C18H26N4O2S/c1-5-24-17(23)22-8-6-21(7-9-22)14-11-13-15(10-12(14)19)25-16(20-13)18(2,3)4/h10-11H,5-9,19H2,1-4H3. The van der Waals surface area contributed by atoms with Gasteiger partial charge in [0.1, 0.15) is 0 Å². The molecule has 2 N–H and O–H groups in total. The molecular weight excluding hydrogens is 336 g/mol. The van der Waals surface area contributed by atoms with E-state index < -0.39 is 0 Å². The van der Waals surface area contributed by atoms with E-state index in [4.69, 9.17) is 15.5 Å². The van der Waals surface area contributed by atoms with E-state index in [0.717, 1.165) is 39.7 Å². The molecule has 2 heterocycles. The lowest BCUT2D eigenvalue weighted by molar-refractivity contribution is 0.105. The molecular formula is C18H26N4O2S. The number of carbonyl (C=O) groups is 1. The van der Waals surface area contributed by atoms with Crippen LogP contribution in [0.1, 0.15) is 32.7 Å². The number of nitrogens with zero attached hydrogens (tertiary/aromatic N) is 3. The van der Waals surface area contributed by atoms with Crippen LogP contribution in [0.15, 0.2) is 12.1 Å². The van der Waals surface area contributed by atoms with Crippen LogP contribution in [-0.2, 0) is 10.2 Å². The van der Waals surface area contributed by atoms with E-state index in [1.807, 2.05) is 13.0 Å². The molecule has 7 heteroatoms. The number of benzene rings is 1. The Labute approximate surface area is 152 Å². The number of anilines is 2. The van der Waals surface area contributed by atoms with Crippen LogP contribution < -0.4 is 10.6 Å². The van der Waals surface area contributed by atoms with Gasteiger partial charge >= 0.3 is 6.09 Å². The molecule has 0 atom stereocenters. The average molecular weight is 362 g/mol. The summed E-state index contributed by atoms with van der Waals surface area (Å²) in [6, 6.07) is 4.10. The third-order valence-electron chi connectivity index (χ3n) is 4.32. The zero-order valence-corrected chi connectivity index (χ0v) is 16.2. The molecule has 1 amide bonds. The smallest absolute Gasteiger partial charge is 0.409 e. The van der Waals surface area contributed by atoms with Crippen LogP contribution in [0.25, 0.3) is 10.2 Å². The number of fused-ring (bicyclic) bond motifs is 1. The number of hydrogen-bond donors (Lipinski definition) is 1. The predicted octanol–water partition coefficient (Wildman–Crippen LogP) is 3.45. The van der Waals surface area contributed by atoms with Gasteiger partial charge in [0.25, 0.3) is 0 Å². The third kappa shape index (κ3) is 3.66. The van der Waals surface area contributed by atoms with Crippen molar-refractivity contribution in [1.82, 2.24) is 9.88 Å². The van der Waals surface area contributed by atoms with Crippen molar-refractivity contribution in [3.05, 3.63) is 17.1 Å². The number of ether oxygens (including phenoxy) is 1. The number of carbonyl (C=O) groups excluding carboxylic acids is 1. The van der Waals surface area contributed by atoms with Gasteiger partial charge in [-0.25, -0.2) is 9.78 Å². The number of nitrogen functional groups attached to an aromatic ring is 1. The van der Waals surface area contributed by atoms with Crippen LogP contribution in [0.5, 0.6) is 0 Å². The molecule has 1 fully saturated rings. The third-order valence-corrected chi connectivity index (χ3v) is 5.77. The van der Waals surface area contributed by atoms with Gasteiger partial charge in [-0.15, -0.1) is 11.3 Å². The molecule has 0 saturated carbocycles. The number of piperazine rings is 1. The summed E-state index contributed by atoms with van der Waals surface area (Å²) >= 11 is 1.70. The lowest BCUT2D eigenvalue weighted by atomic mass is 9.98. The Balaban J connectivity index is 1.80. The Morgan fingerprint density at radius 3 is 2.56 bits per heavy atom. The van der Waals surface area contributed by atoms with Gasteiger partial charge in [0.15, 0.2) is 0 Å². The number of hydrogen-bond acceptors (Lipinski definition) is 6. The van der Waals surface area contributed by atoms with E-state index in [9.17, 15) is 4.79 Å². The first-order valence-corrected chi connectivity index (χ1v) is 9.48. The molecule has 0 bridgehead atoms. The molecule has 3 rings (SSSR count). The highest BCUT2D eigenvalue weighted by Gasteiger charge is 2.24. The van der Waals surface area contributed by atoms with Crippen LogP contribution in [0, 0.1) is 0 Å². The van der Waals surface area contributed by atoms with E-state index in [2.05, 4.69) is 31.7 Å². The Morgan fingerprint density at radius 2 is 1.96 bits per heavy atom. The summed E-state index contributed by atoms with van der Waals surface area (Å²) in [5.41, 5.74) is 9.10. The number of thiazole rings is 1. The van der Waals surface area contributed by atoms with Gasteiger partial charge in [0.2, 0.25) is 0 Å². The lowest BCUT2D eigenvalue weighted by Gasteiger charge is -2.35. The molecule has 0 unspecified atom stereocenters. The molecule has 2 aromatic rings. The van der Waals surface area contributed by atoms with Gasteiger partial charge in [0.05, 0.1) is 33.2 Å². The first-order valence-electron chi connectivity index (χ1n) is 8.66. The van der Waals surface area contributed by atoms with E-state index in [1.165, 1.54) is 0 Å². The van der Waals surface area contributed by atoms with E-state index in [1.54, 1.807) is 16.2 Å².